The molecule has 0 fully saturated rings. The van der Waals surface area contributed by atoms with Crippen molar-refractivity contribution < 1.29 is 51.0 Å². The Balaban J connectivity index is -0.0000000769. The van der Waals surface area contributed by atoms with Gasteiger partial charge < -0.3 is 24.8 Å². The molecular formula is C14H18Cl2Zr. The SMILES string of the molecule is C=C.Cc1ccc[c-]1C.[Cl-].[Cl-].[Zr+4].c1cc[cH-]c1. The summed E-state index contributed by atoms with van der Waals surface area (Å²) in [4.78, 5) is 0. The first kappa shape index (κ1) is 25.7. The second kappa shape index (κ2) is 18.3. The Morgan fingerprint density at radius 2 is 1.53 bits per heavy atom. The van der Waals surface area contributed by atoms with Crippen LogP contribution in [0.1, 0.15) is 11.1 Å². The maximum absolute atomic E-state index is 3.00. The van der Waals surface area contributed by atoms with E-state index in [0.29, 0.717) is 0 Å². The Kier molecular flexibility index (Phi) is 27.6. The number of hydrogen-bond donors (Lipinski definition) is 0. The first-order chi connectivity index (χ1) is 6.80. The van der Waals surface area contributed by atoms with Gasteiger partial charge in [-0.25, -0.2) is 24.3 Å². The van der Waals surface area contributed by atoms with Crippen LogP contribution in [0.15, 0.2) is 61.7 Å². The third-order valence-corrected chi connectivity index (χ3v) is 1.87. The van der Waals surface area contributed by atoms with Crippen LogP contribution in [0.25, 0.3) is 0 Å². The van der Waals surface area contributed by atoms with Crippen LogP contribution in [-0.4, -0.2) is 0 Å². The second-order valence-electron chi connectivity index (χ2n) is 2.85. The number of aryl methyl sites for hydroxylation is 2. The molecule has 92 valence electrons. The molecule has 0 atom stereocenters. The summed E-state index contributed by atoms with van der Waals surface area (Å²) < 4.78 is 0. The minimum atomic E-state index is 0. The predicted octanol–water partition coefficient (Wildman–Crippen LogP) is -1.76. The van der Waals surface area contributed by atoms with Gasteiger partial charge in [0.15, 0.2) is 0 Å². The van der Waals surface area contributed by atoms with Gasteiger partial charge in [-0.05, 0) is 0 Å². The van der Waals surface area contributed by atoms with Gasteiger partial charge in [-0.1, -0.05) is 13.8 Å². The Hall–Kier alpha value is -0.0969. The van der Waals surface area contributed by atoms with Crippen molar-refractivity contribution in [3.8, 4) is 0 Å². The summed E-state index contributed by atoms with van der Waals surface area (Å²) in [5.41, 5.74) is 2.78. The molecule has 0 N–H and O–H groups in total. The fourth-order valence-electron chi connectivity index (χ4n) is 0.920. The van der Waals surface area contributed by atoms with Crippen LogP contribution in [0.4, 0.5) is 0 Å². The van der Waals surface area contributed by atoms with Crippen molar-refractivity contribution in [3.63, 3.8) is 0 Å². The van der Waals surface area contributed by atoms with Crippen molar-refractivity contribution >= 4 is 0 Å². The monoisotopic (exact) mass is 346 g/mol. The van der Waals surface area contributed by atoms with E-state index < -0.39 is 0 Å². The first-order valence-electron chi connectivity index (χ1n) is 4.66. The normalized spacial score (nSPS) is 6.47. The number of hydrogen-bond acceptors (Lipinski definition) is 0. The molecule has 0 radical (unpaired) electrons. The predicted molar refractivity (Wildman–Crippen MR) is 64.8 cm³/mol. The second-order valence-corrected chi connectivity index (χ2v) is 2.85. The van der Waals surface area contributed by atoms with Crippen molar-refractivity contribution in [2.24, 2.45) is 0 Å². The van der Waals surface area contributed by atoms with Crippen LogP contribution >= 0.6 is 0 Å². The van der Waals surface area contributed by atoms with Crippen molar-refractivity contribution in [1.82, 2.24) is 0 Å². The van der Waals surface area contributed by atoms with Crippen LogP contribution in [0, 0.1) is 13.8 Å². The molecule has 0 aliphatic carbocycles. The molecule has 0 amide bonds. The van der Waals surface area contributed by atoms with E-state index in [-0.39, 0.29) is 51.0 Å². The van der Waals surface area contributed by atoms with Crippen molar-refractivity contribution in [1.29, 1.82) is 0 Å². The summed E-state index contributed by atoms with van der Waals surface area (Å²) in [5, 5.41) is 0. The third-order valence-electron chi connectivity index (χ3n) is 1.87. The average Bonchev–Trinajstić information content (AvgIpc) is 2.86. The summed E-state index contributed by atoms with van der Waals surface area (Å²) in [7, 11) is 0. The van der Waals surface area contributed by atoms with E-state index in [1.54, 1.807) is 0 Å². The minimum absolute atomic E-state index is 0. The maximum atomic E-state index is 3.00. The van der Waals surface area contributed by atoms with E-state index in [4.69, 9.17) is 0 Å². The molecule has 2 aromatic rings. The quantitative estimate of drug-likeness (QED) is 0.391. The molecule has 3 heteroatoms. The van der Waals surface area contributed by atoms with Gasteiger partial charge in [-0.2, -0.15) is 35.4 Å². The van der Waals surface area contributed by atoms with Gasteiger partial charge in [0, 0.05) is 0 Å². The van der Waals surface area contributed by atoms with Crippen LogP contribution in [0.2, 0.25) is 0 Å². The summed E-state index contributed by atoms with van der Waals surface area (Å²) in [6.07, 6.45) is 0. The van der Waals surface area contributed by atoms with Gasteiger partial charge in [-0.15, -0.1) is 13.2 Å². The largest absolute Gasteiger partial charge is 4.00 e. The zero-order chi connectivity index (χ0) is 10.8. The zero-order valence-electron chi connectivity index (χ0n) is 10.3. The summed E-state index contributed by atoms with van der Waals surface area (Å²) in [6, 6.07) is 16.3. The van der Waals surface area contributed by atoms with Crippen molar-refractivity contribution in [3.05, 3.63) is 72.8 Å². The molecule has 2 aromatic carbocycles. The van der Waals surface area contributed by atoms with Crippen molar-refractivity contribution in [2.75, 3.05) is 0 Å². The first-order valence-corrected chi connectivity index (χ1v) is 4.66. The molecule has 0 heterocycles. The summed E-state index contributed by atoms with van der Waals surface area (Å²) >= 11 is 0. The van der Waals surface area contributed by atoms with Gasteiger partial charge >= 0.3 is 26.2 Å². The number of rotatable bonds is 0. The molecular weight excluding hydrogens is 330 g/mol. The maximum Gasteiger partial charge on any atom is 4.00 e. The fourth-order valence-corrected chi connectivity index (χ4v) is 0.920. The van der Waals surface area contributed by atoms with Gasteiger partial charge in [0.25, 0.3) is 0 Å². The van der Waals surface area contributed by atoms with Gasteiger partial charge in [-0.3, -0.25) is 0 Å². The molecule has 0 aliphatic heterocycles. The van der Waals surface area contributed by atoms with E-state index in [9.17, 15) is 0 Å². The molecule has 0 unspecified atom stereocenters. The standard InChI is InChI=1S/C7H9.C5H5.C2H4.2ClH.Zr/c1-6-4-3-5-7(6)2;1-2-4-5-3-1;1-2;;;/h3-5H,1-2H3;1-5H;1-2H2;2*1H;/q2*-1;;;;+4/p-2. The Morgan fingerprint density at radius 3 is 1.65 bits per heavy atom. The molecule has 0 bridgehead atoms. The third kappa shape index (κ3) is 13.8. The Labute approximate surface area is 137 Å². The zero-order valence-corrected chi connectivity index (χ0v) is 14.3. The smallest absolute Gasteiger partial charge is 1.00 e. The molecule has 0 aliphatic rings. The van der Waals surface area contributed by atoms with E-state index in [1.165, 1.54) is 11.1 Å². The van der Waals surface area contributed by atoms with Crippen LogP contribution in [-0.2, 0) is 26.2 Å². The molecule has 0 spiro atoms. The minimum Gasteiger partial charge on any atom is -1.00 e. The molecule has 2 rings (SSSR count). The van der Waals surface area contributed by atoms with E-state index in [2.05, 4.69) is 45.2 Å². The molecule has 0 saturated carbocycles. The average molecular weight is 348 g/mol. The van der Waals surface area contributed by atoms with Gasteiger partial charge in [0.05, 0.1) is 0 Å². The number of halogens is 2. The van der Waals surface area contributed by atoms with Crippen LogP contribution in [0.5, 0.6) is 0 Å². The van der Waals surface area contributed by atoms with Crippen LogP contribution in [0.3, 0.4) is 0 Å². The molecule has 0 nitrogen and oxygen atoms in total. The Bertz CT molecular complexity index is 279. The molecule has 0 aromatic heterocycles. The van der Waals surface area contributed by atoms with E-state index in [0.717, 1.165) is 0 Å². The summed E-state index contributed by atoms with van der Waals surface area (Å²) in [5.74, 6) is 0. The fraction of sp³-hybridized carbons (Fsp3) is 0.143. The topological polar surface area (TPSA) is 0 Å². The Morgan fingerprint density at radius 1 is 1.06 bits per heavy atom. The molecule has 17 heavy (non-hydrogen) atoms. The summed E-state index contributed by atoms with van der Waals surface area (Å²) in [6.45, 7) is 10.2. The van der Waals surface area contributed by atoms with Crippen LogP contribution < -0.4 is 24.8 Å². The van der Waals surface area contributed by atoms with Crippen molar-refractivity contribution in [2.45, 2.75) is 13.8 Å². The molecule has 0 saturated heterocycles. The van der Waals surface area contributed by atoms with Gasteiger partial charge in [0.2, 0.25) is 0 Å². The van der Waals surface area contributed by atoms with E-state index in [1.807, 2.05) is 30.3 Å². The van der Waals surface area contributed by atoms with Gasteiger partial charge in [0.1, 0.15) is 0 Å². The van der Waals surface area contributed by atoms with E-state index >= 15 is 0 Å².